The Bertz CT molecular complexity index is 929. The molecule has 0 saturated heterocycles. The molecule has 4 rings (SSSR count). The van der Waals surface area contributed by atoms with Gasteiger partial charge in [-0.2, -0.15) is 0 Å². The van der Waals surface area contributed by atoms with Gasteiger partial charge in [-0.05, 0) is 43.9 Å². The fourth-order valence-electron chi connectivity index (χ4n) is 3.93. The summed E-state index contributed by atoms with van der Waals surface area (Å²) in [6, 6.07) is 14.4. The topological polar surface area (TPSA) is 37.6 Å². The average Bonchev–Trinajstić information content (AvgIpc) is 3.03. The largest absolute Gasteiger partial charge is 0.338 e. The molecule has 2 heterocycles. The second-order valence-corrected chi connectivity index (χ2v) is 7.22. The number of amides is 1. The monoisotopic (exact) mass is 347 g/mol. The lowest BCUT2D eigenvalue weighted by Crippen LogP contribution is -2.38. The summed E-state index contributed by atoms with van der Waals surface area (Å²) in [7, 11) is 0. The Morgan fingerprint density at radius 3 is 2.81 bits per heavy atom. The van der Waals surface area contributed by atoms with Gasteiger partial charge in [0.05, 0.1) is 5.69 Å². The van der Waals surface area contributed by atoms with Gasteiger partial charge in [-0.15, -0.1) is 0 Å². The van der Waals surface area contributed by atoms with E-state index in [4.69, 9.17) is 4.98 Å². The summed E-state index contributed by atoms with van der Waals surface area (Å²) in [4.78, 5) is 19.9. The number of fused-ring (bicyclic) bond motifs is 3. The van der Waals surface area contributed by atoms with E-state index in [9.17, 15) is 4.79 Å². The van der Waals surface area contributed by atoms with E-state index in [1.807, 2.05) is 23.1 Å². The molecule has 0 aliphatic heterocycles. The van der Waals surface area contributed by atoms with E-state index in [1.165, 1.54) is 16.8 Å². The van der Waals surface area contributed by atoms with Crippen molar-refractivity contribution in [3.05, 3.63) is 71.2 Å². The zero-order valence-corrected chi connectivity index (χ0v) is 15.5. The fraction of sp³-hybridized carbons (Fsp3) is 0.364. The number of rotatable bonds is 4. The van der Waals surface area contributed by atoms with Crippen molar-refractivity contribution in [3.63, 3.8) is 0 Å². The van der Waals surface area contributed by atoms with Gasteiger partial charge in [-0.3, -0.25) is 4.79 Å². The number of hydrogen-bond donors (Lipinski definition) is 0. The van der Waals surface area contributed by atoms with Crippen LogP contribution in [0.3, 0.4) is 0 Å². The molecule has 4 nitrogen and oxygen atoms in total. The summed E-state index contributed by atoms with van der Waals surface area (Å²) in [5, 5.41) is 0. The first-order chi connectivity index (χ1) is 12.7. The molecule has 1 unspecified atom stereocenters. The Morgan fingerprint density at radius 2 is 2.04 bits per heavy atom. The number of aromatic nitrogens is 2. The van der Waals surface area contributed by atoms with Crippen LogP contribution in [-0.2, 0) is 24.2 Å². The van der Waals surface area contributed by atoms with Gasteiger partial charge < -0.3 is 9.30 Å². The van der Waals surface area contributed by atoms with Crippen LogP contribution in [0.4, 0.5) is 0 Å². The first kappa shape index (κ1) is 16.8. The maximum Gasteiger partial charge on any atom is 0.226 e. The summed E-state index contributed by atoms with van der Waals surface area (Å²) in [6.45, 7) is 5.58. The van der Waals surface area contributed by atoms with Crippen molar-refractivity contribution in [3.8, 4) is 0 Å². The molecule has 3 aromatic rings. The Labute approximate surface area is 154 Å². The zero-order valence-electron chi connectivity index (χ0n) is 15.5. The number of pyridine rings is 1. The van der Waals surface area contributed by atoms with Crippen LogP contribution in [0.1, 0.15) is 35.9 Å². The lowest BCUT2D eigenvalue weighted by Gasteiger charge is -2.28. The highest BCUT2D eigenvalue weighted by Gasteiger charge is 2.30. The van der Waals surface area contributed by atoms with Crippen LogP contribution in [0.2, 0.25) is 0 Å². The fourth-order valence-corrected chi connectivity index (χ4v) is 3.93. The SMILES string of the molecule is CCN(Cc1ccccc1)C(=O)C1CCc2nc3ccc(C)cn3c2C1. The third-order valence-electron chi connectivity index (χ3n) is 5.38. The van der Waals surface area contributed by atoms with E-state index in [0.29, 0.717) is 6.54 Å². The van der Waals surface area contributed by atoms with Crippen molar-refractivity contribution >= 4 is 11.6 Å². The molecular formula is C22H25N3O. The summed E-state index contributed by atoms with van der Waals surface area (Å²) >= 11 is 0. The third kappa shape index (κ3) is 3.12. The molecular weight excluding hydrogens is 322 g/mol. The minimum atomic E-state index is 0.0478. The second-order valence-electron chi connectivity index (χ2n) is 7.22. The number of benzene rings is 1. The Kier molecular flexibility index (Phi) is 4.49. The van der Waals surface area contributed by atoms with Gasteiger partial charge >= 0.3 is 0 Å². The van der Waals surface area contributed by atoms with Crippen LogP contribution in [0.15, 0.2) is 48.7 Å². The van der Waals surface area contributed by atoms with Crippen LogP contribution in [0.5, 0.6) is 0 Å². The number of carbonyl (C=O) groups excluding carboxylic acids is 1. The molecule has 2 aromatic heterocycles. The smallest absolute Gasteiger partial charge is 0.226 e. The van der Waals surface area contributed by atoms with E-state index < -0.39 is 0 Å². The van der Waals surface area contributed by atoms with Crippen molar-refractivity contribution in [2.45, 2.75) is 39.7 Å². The predicted molar refractivity (Wildman–Crippen MR) is 103 cm³/mol. The summed E-state index contributed by atoms with van der Waals surface area (Å²) in [6.07, 6.45) is 4.69. The lowest BCUT2D eigenvalue weighted by molar-refractivity contribution is -0.136. The molecule has 0 radical (unpaired) electrons. The predicted octanol–water partition coefficient (Wildman–Crippen LogP) is 3.80. The van der Waals surface area contributed by atoms with Crippen LogP contribution in [0.25, 0.3) is 5.65 Å². The van der Waals surface area contributed by atoms with E-state index in [2.05, 4.69) is 48.7 Å². The Morgan fingerprint density at radius 1 is 1.23 bits per heavy atom. The molecule has 1 amide bonds. The van der Waals surface area contributed by atoms with Crippen molar-refractivity contribution in [1.29, 1.82) is 0 Å². The molecule has 1 atom stereocenters. The van der Waals surface area contributed by atoms with Crippen LogP contribution in [-0.4, -0.2) is 26.7 Å². The molecule has 0 spiro atoms. The van der Waals surface area contributed by atoms with Crippen LogP contribution >= 0.6 is 0 Å². The maximum absolute atomic E-state index is 13.2. The first-order valence-corrected chi connectivity index (χ1v) is 9.45. The van der Waals surface area contributed by atoms with Gasteiger partial charge in [0.2, 0.25) is 5.91 Å². The van der Waals surface area contributed by atoms with Gasteiger partial charge in [0, 0.05) is 37.3 Å². The van der Waals surface area contributed by atoms with Crippen LogP contribution in [0, 0.1) is 12.8 Å². The third-order valence-corrected chi connectivity index (χ3v) is 5.38. The number of carbonyl (C=O) groups is 1. The average molecular weight is 347 g/mol. The molecule has 1 aliphatic carbocycles. The van der Waals surface area contributed by atoms with Crippen molar-refractivity contribution in [2.75, 3.05) is 6.54 Å². The molecule has 0 N–H and O–H groups in total. The van der Waals surface area contributed by atoms with Crippen molar-refractivity contribution in [1.82, 2.24) is 14.3 Å². The molecule has 134 valence electrons. The summed E-state index contributed by atoms with van der Waals surface area (Å²) < 4.78 is 2.18. The van der Waals surface area contributed by atoms with Crippen molar-refractivity contribution in [2.24, 2.45) is 5.92 Å². The maximum atomic E-state index is 13.2. The minimum absolute atomic E-state index is 0.0478. The molecule has 1 aromatic carbocycles. The highest BCUT2D eigenvalue weighted by atomic mass is 16.2. The number of nitrogens with zero attached hydrogens (tertiary/aromatic N) is 3. The van der Waals surface area contributed by atoms with Gasteiger partial charge in [0.25, 0.3) is 0 Å². The molecule has 26 heavy (non-hydrogen) atoms. The van der Waals surface area contributed by atoms with E-state index >= 15 is 0 Å². The van der Waals surface area contributed by atoms with Gasteiger partial charge in [0.15, 0.2) is 0 Å². The molecule has 0 bridgehead atoms. The molecule has 1 aliphatic rings. The first-order valence-electron chi connectivity index (χ1n) is 9.45. The molecule has 0 saturated carbocycles. The van der Waals surface area contributed by atoms with Gasteiger partial charge in [-0.25, -0.2) is 4.98 Å². The van der Waals surface area contributed by atoms with Crippen molar-refractivity contribution < 1.29 is 4.79 Å². The molecule has 0 fully saturated rings. The quantitative estimate of drug-likeness (QED) is 0.720. The Hall–Kier alpha value is -2.62. The standard InChI is InChI=1S/C22H25N3O/c1-3-24(15-17-7-5-4-6-8-17)22(26)18-10-11-19-20(13-18)25-14-16(2)9-12-21(25)23-19/h4-9,12,14,18H,3,10-11,13,15H2,1-2H3. The van der Waals surface area contributed by atoms with E-state index in [1.54, 1.807) is 0 Å². The number of hydrogen-bond acceptors (Lipinski definition) is 2. The number of aryl methyl sites for hydroxylation is 2. The van der Waals surface area contributed by atoms with Crippen LogP contribution < -0.4 is 0 Å². The molecule has 4 heteroatoms. The van der Waals surface area contributed by atoms with E-state index in [0.717, 1.165) is 37.1 Å². The normalized spacial score (nSPS) is 16.5. The van der Waals surface area contributed by atoms with E-state index in [-0.39, 0.29) is 11.8 Å². The Balaban J connectivity index is 1.56. The zero-order chi connectivity index (χ0) is 18.1. The highest BCUT2D eigenvalue weighted by Crippen LogP contribution is 2.28. The van der Waals surface area contributed by atoms with Gasteiger partial charge in [0.1, 0.15) is 5.65 Å². The summed E-state index contributed by atoms with van der Waals surface area (Å²) in [5.74, 6) is 0.316. The number of imidazole rings is 1. The highest BCUT2D eigenvalue weighted by molar-refractivity contribution is 5.79. The minimum Gasteiger partial charge on any atom is -0.338 e. The van der Waals surface area contributed by atoms with Gasteiger partial charge in [-0.1, -0.05) is 36.4 Å². The lowest BCUT2D eigenvalue weighted by atomic mass is 9.88. The second kappa shape index (κ2) is 6.94. The summed E-state index contributed by atoms with van der Waals surface area (Å²) in [5.41, 5.74) is 5.76.